The predicted octanol–water partition coefficient (Wildman–Crippen LogP) is 4.05. The van der Waals surface area contributed by atoms with E-state index >= 15 is 0 Å². The summed E-state index contributed by atoms with van der Waals surface area (Å²) in [6.07, 6.45) is -1.67. The number of cyclic esters (lactones) is 2. The number of benzene rings is 3. The number of rotatable bonds is 9. The lowest BCUT2D eigenvalue weighted by molar-refractivity contribution is -0.238. The Morgan fingerprint density at radius 1 is 0.810 bits per heavy atom. The van der Waals surface area contributed by atoms with Crippen LogP contribution in [-0.2, 0) is 44.7 Å². The van der Waals surface area contributed by atoms with Gasteiger partial charge in [-0.05, 0) is 27.8 Å². The van der Waals surface area contributed by atoms with Gasteiger partial charge < -0.3 is 24.3 Å². The smallest absolute Gasteiger partial charge is 0.407 e. The summed E-state index contributed by atoms with van der Waals surface area (Å²) in [5, 5.41) is 2.35. The van der Waals surface area contributed by atoms with Crippen molar-refractivity contribution in [1.29, 1.82) is 0 Å². The molecule has 1 atom stereocenters. The van der Waals surface area contributed by atoms with Gasteiger partial charge in [0.25, 0.3) is 5.79 Å². The Bertz CT molecular complexity index is 1470. The molecule has 0 aromatic heterocycles. The molecule has 216 valence electrons. The molecule has 1 aliphatic carbocycles. The molecule has 0 spiro atoms. The first kappa shape index (κ1) is 28.5. The van der Waals surface area contributed by atoms with Crippen LogP contribution in [0.25, 0.3) is 11.1 Å². The van der Waals surface area contributed by atoms with Gasteiger partial charge in [-0.25, -0.2) is 4.79 Å². The highest BCUT2D eigenvalue weighted by Gasteiger charge is 2.49. The molecule has 1 fully saturated rings. The Morgan fingerprint density at radius 3 is 1.95 bits per heavy atom. The summed E-state index contributed by atoms with van der Waals surface area (Å²) in [6.45, 7) is 2.56. The molecule has 10 nitrogen and oxygen atoms in total. The molecule has 3 aromatic rings. The second-order valence-corrected chi connectivity index (χ2v) is 10.5. The van der Waals surface area contributed by atoms with Gasteiger partial charge in [0.2, 0.25) is 5.92 Å². The molecule has 10 heteroatoms. The van der Waals surface area contributed by atoms with Crippen molar-refractivity contribution in [3.05, 3.63) is 95.6 Å². The quantitative estimate of drug-likeness (QED) is 0.229. The van der Waals surface area contributed by atoms with Crippen LogP contribution in [0.1, 0.15) is 42.9 Å². The van der Waals surface area contributed by atoms with Crippen molar-refractivity contribution < 1.29 is 42.9 Å². The minimum Gasteiger partial charge on any atom is -0.461 e. The average Bonchev–Trinajstić information content (AvgIpc) is 3.27. The maximum atomic E-state index is 13.4. The number of nitrogens with one attached hydrogen (secondary N) is 1. The van der Waals surface area contributed by atoms with Crippen molar-refractivity contribution in [3.8, 4) is 11.1 Å². The number of ether oxygens (including phenoxy) is 4. The zero-order chi connectivity index (χ0) is 29.9. The zero-order valence-electron chi connectivity index (χ0n) is 23.0. The van der Waals surface area contributed by atoms with Gasteiger partial charge in [-0.1, -0.05) is 78.9 Å². The molecule has 0 saturated carbocycles. The molecule has 1 amide bonds. The lowest BCUT2D eigenvalue weighted by atomic mass is 9.95. The van der Waals surface area contributed by atoms with E-state index < -0.39 is 54.0 Å². The molecule has 0 unspecified atom stereocenters. The largest absolute Gasteiger partial charge is 0.461 e. The monoisotopic (exact) mass is 571 g/mol. The third-order valence-electron chi connectivity index (χ3n) is 7.04. The fourth-order valence-corrected chi connectivity index (χ4v) is 5.12. The molecular formula is C32H29NO9. The topological polar surface area (TPSA) is 134 Å². The summed E-state index contributed by atoms with van der Waals surface area (Å²) in [5.41, 5.74) is 4.75. The summed E-state index contributed by atoms with van der Waals surface area (Å²) in [7, 11) is 0. The van der Waals surface area contributed by atoms with E-state index in [1.54, 1.807) is 24.3 Å². The van der Waals surface area contributed by atoms with Crippen LogP contribution in [0.4, 0.5) is 4.79 Å². The highest BCUT2D eigenvalue weighted by Crippen LogP contribution is 2.44. The first-order chi connectivity index (χ1) is 20.1. The Balaban J connectivity index is 1.29. The summed E-state index contributed by atoms with van der Waals surface area (Å²) in [6, 6.07) is 22.8. The number of alkyl carbamates (subject to hydrolysis) is 1. The van der Waals surface area contributed by atoms with Crippen molar-refractivity contribution in [3.63, 3.8) is 0 Å². The van der Waals surface area contributed by atoms with Crippen molar-refractivity contribution in [2.75, 3.05) is 6.61 Å². The Morgan fingerprint density at radius 2 is 1.36 bits per heavy atom. The van der Waals surface area contributed by atoms with E-state index in [9.17, 15) is 24.0 Å². The zero-order valence-corrected chi connectivity index (χ0v) is 23.0. The molecule has 2 aliphatic rings. The molecule has 5 rings (SSSR count). The molecule has 0 radical (unpaired) electrons. The SMILES string of the molecule is CC1(C)OC(=O)C(C(=O)[C@@H](CC(=O)OCc2ccccc2)NC(=O)OCC2c3ccccc3-c3ccccc32)C(=O)O1. The van der Waals surface area contributed by atoms with Crippen LogP contribution in [0.15, 0.2) is 78.9 Å². The van der Waals surface area contributed by atoms with Crippen molar-refractivity contribution in [2.45, 2.75) is 44.6 Å². The molecule has 1 aliphatic heterocycles. The number of Topliss-reactive ketones (excluding diaryl/α,β-unsaturated/α-hetero) is 1. The molecule has 1 heterocycles. The number of carbonyl (C=O) groups excluding carboxylic acids is 5. The van der Waals surface area contributed by atoms with E-state index in [2.05, 4.69) is 5.32 Å². The van der Waals surface area contributed by atoms with E-state index in [0.717, 1.165) is 22.3 Å². The van der Waals surface area contributed by atoms with Crippen LogP contribution in [0.3, 0.4) is 0 Å². The number of amides is 1. The summed E-state index contributed by atoms with van der Waals surface area (Å²) >= 11 is 0. The minimum absolute atomic E-state index is 0.0546. The molecule has 42 heavy (non-hydrogen) atoms. The summed E-state index contributed by atoms with van der Waals surface area (Å²) < 4.78 is 20.9. The van der Waals surface area contributed by atoms with E-state index in [4.69, 9.17) is 18.9 Å². The molecular weight excluding hydrogens is 542 g/mol. The van der Waals surface area contributed by atoms with E-state index in [-0.39, 0.29) is 19.1 Å². The Hall–Kier alpha value is -4.99. The normalized spacial score (nSPS) is 16.3. The Labute approximate surface area is 241 Å². The fraction of sp³-hybridized carbons (Fsp3) is 0.281. The number of hydrogen-bond acceptors (Lipinski definition) is 9. The number of hydrogen-bond donors (Lipinski definition) is 1. The number of ketones is 1. The van der Waals surface area contributed by atoms with Crippen molar-refractivity contribution >= 4 is 29.8 Å². The van der Waals surface area contributed by atoms with Crippen LogP contribution in [-0.4, -0.2) is 48.2 Å². The standard InChI is InChI=1S/C32H29NO9/c1-32(2)41-29(36)27(30(37)42-32)28(35)25(16-26(34)39-17-19-10-4-3-5-11-19)33-31(38)40-18-24-22-14-8-6-12-20(22)21-13-7-9-15-23(21)24/h3-15,24-25,27H,16-18H2,1-2H3,(H,33,38)/t25-/m1/s1. The first-order valence-corrected chi connectivity index (χ1v) is 13.4. The first-order valence-electron chi connectivity index (χ1n) is 13.4. The van der Waals surface area contributed by atoms with E-state index in [1.165, 1.54) is 13.8 Å². The van der Waals surface area contributed by atoms with Crippen LogP contribution >= 0.6 is 0 Å². The third kappa shape index (κ3) is 6.17. The van der Waals surface area contributed by atoms with Crippen molar-refractivity contribution in [2.24, 2.45) is 5.92 Å². The number of carbonyl (C=O) groups is 5. The van der Waals surface area contributed by atoms with Crippen LogP contribution < -0.4 is 5.32 Å². The summed E-state index contributed by atoms with van der Waals surface area (Å²) in [5.74, 6) is -8.00. The summed E-state index contributed by atoms with van der Waals surface area (Å²) in [4.78, 5) is 64.2. The van der Waals surface area contributed by atoms with Gasteiger partial charge in [-0.15, -0.1) is 0 Å². The van der Waals surface area contributed by atoms with E-state index in [0.29, 0.717) is 5.56 Å². The highest BCUT2D eigenvalue weighted by molar-refractivity contribution is 6.18. The van der Waals surface area contributed by atoms with Gasteiger partial charge in [0.1, 0.15) is 19.3 Å². The van der Waals surface area contributed by atoms with Gasteiger partial charge in [-0.2, -0.15) is 0 Å². The van der Waals surface area contributed by atoms with Crippen LogP contribution in [0.5, 0.6) is 0 Å². The fourth-order valence-electron chi connectivity index (χ4n) is 5.12. The molecule has 3 aromatic carbocycles. The van der Waals surface area contributed by atoms with Gasteiger partial charge in [0, 0.05) is 19.8 Å². The van der Waals surface area contributed by atoms with E-state index in [1.807, 2.05) is 54.6 Å². The molecule has 1 N–H and O–H groups in total. The van der Waals surface area contributed by atoms with Crippen molar-refractivity contribution in [1.82, 2.24) is 5.32 Å². The van der Waals surface area contributed by atoms with Gasteiger partial charge >= 0.3 is 24.0 Å². The van der Waals surface area contributed by atoms with Gasteiger partial charge in [-0.3, -0.25) is 19.2 Å². The Kier molecular flexibility index (Phi) is 8.06. The molecule has 0 bridgehead atoms. The highest BCUT2D eigenvalue weighted by atomic mass is 16.7. The maximum absolute atomic E-state index is 13.4. The number of fused-ring (bicyclic) bond motifs is 3. The minimum atomic E-state index is -1.99. The second-order valence-electron chi connectivity index (χ2n) is 10.5. The lowest BCUT2D eigenvalue weighted by Crippen LogP contribution is -2.54. The molecule has 1 saturated heterocycles. The second kappa shape index (κ2) is 11.9. The maximum Gasteiger partial charge on any atom is 0.407 e. The van der Waals surface area contributed by atoms with Crippen LogP contribution in [0.2, 0.25) is 0 Å². The lowest BCUT2D eigenvalue weighted by Gasteiger charge is -2.33. The average molecular weight is 572 g/mol. The van der Waals surface area contributed by atoms with Gasteiger partial charge in [0.05, 0.1) is 6.42 Å². The van der Waals surface area contributed by atoms with Gasteiger partial charge in [0.15, 0.2) is 5.78 Å². The number of esters is 3. The predicted molar refractivity (Wildman–Crippen MR) is 148 cm³/mol. The van der Waals surface area contributed by atoms with Crippen LogP contribution in [0, 0.1) is 5.92 Å². The third-order valence-corrected chi connectivity index (χ3v) is 7.04.